The first-order valence-corrected chi connectivity index (χ1v) is 10.3. The molecule has 0 fully saturated rings. The van der Waals surface area contributed by atoms with Crippen LogP contribution >= 0.6 is 58.0 Å². The third kappa shape index (κ3) is 10.5. The van der Waals surface area contributed by atoms with Crippen molar-refractivity contribution in [1.82, 2.24) is 19.9 Å². The molecule has 0 bridgehead atoms. The van der Waals surface area contributed by atoms with Gasteiger partial charge >= 0.3 is 0 Å². The maximum absolute atomic E-state index is 5.77. The summed E-state index contributed by atoms with van der Waals surface area (Å²) in [6.07, 6.45) is 2.71. The van der Waals surface area contributed by atoms with Gasteiger partial charge in [0, 0.05) is 33.6 Å². The summed E-state index contributed by atoms with van der Waals surface area (Å²) in [5.74, 6) is 0.650. The average molecular weight is 517 g/mol. The van der Waals surface area contributed by atoms with Crippen LogP contribution in [-0.2, 0) is 0 Å². The van der Waals surface area contributed by atoms with Crippen molar-refractivity contribution >= 4 is 75.2 Å². The third-order valence-electron chi connectivity index (χ3n) is 3.22. The van der Waals surface area contributed by atoms with E-state index in [2.05, 4.69) is 25.3 Å². The minimum atomic E-state index is 0.366. The molecule has 0 atom stereocenters. The molecule has 4 aromatic rings. The Bertz CT molecular complexity index is 1040. The number of nitrogen functional groups attached to an aromatic ring is 1. The maximum atomic E-state index is 5.77. The van der Waals surface area contributed by atoms with Crippen molar-refractivity contribution in [3.8, 4) is 0 Å². The molecule has 2 aromatic heterocycles. The minimum absolute atomic E-state index is 0.366. The first-order valence-electron chi connectivity index (χ1n) is 8.46. The third-order valence-corrected chi connectivity index (χ3v) is 4.34. The molecule has 2 aromatic carbocycles. The van der Waals surface area contributed by atoms with Crippen LogP contribution < -0.4 is 11.1 Å². The van der Waals surface area contributed by atoms with Gasteiger partial charge in [-0.2, -0.15) is 0 Å². The Morgan fingerprint density at radius 3 is 1.45 bits per heavy atom. The highest BCUT2D eigenvalue weighted by molar-refractivity contribution is 6.33. The van der Waals surface area contributed by atoms with Crippen molar-refractivity contribution in [2.45, 2.75) is 0 Å². The number of benzene rings is 2. The smallest absolute Gasteiger partial charge is 0.135 e. The zero-order valence-electron chi connectivity index (χ0n) is 15.7. The van der Waals surface area contributed by atoms with E-state index in [9.17, 15) is 0 Å². The normalized spacial score (nSPS) is 9.58. The number of rotatable bonds is 2. The highest BCUT2D eigenvalue weighted by atomic mass is 35.5. The summed E-state index contributed by atoms with van der Waals surface area (Å²) < 4.78 is 0. The summed E-state index contributed by atoms with van der Waals surface area (Å²) in [6.45, 7) is 0. The van der Waals surface area contributed by atoms with E-state index in [1.807, 2.05) is 12.1 Å². The van der Waals surface area contributed by atoms with Crippen molar-refractivity contribution in [2.24, 2.45) is 0 Å². The monoisotopic (exact) mass is 514 g/mol. The molecule has 0 spiro atoms. The number of halogens is 5. The van der Waals surface area contributed by atoms with Crippen LogP contribution in [0.25, 0.3) is 0 Å². The molecule has 3 N–H and O–H groups in total. The summed E-state index contributed by atoms with van der Waals surface area (Å²) in [4.78, 5) is 15.0. The zero-order valence-corrected chi connectivity index (χ0v) is 19.5. The second kappa shape index (κ2) is 13.1. The van der Waals surface area contributed by atoms with Crippen LogP contribution in [-0.4, -0.2) is 19.9 Å². The van der Waals surface area contributed by atoms with Gasteiger partial charge in [-0.05, 0) is 48.5 Å². The molecule has 4 rings (SSSR count). The fourth-order valence-corrected chi connectivity index (χ4v) is 2.61. The lowest BCUT2D eigenvalue weighted by atomic mass is 10.3. The molecule has 0 aliphatic carbocycles. The molecule has 11 heteroatoms. The lowest BCUT2D eigenvalue weighted by Crippen LogP contribution is -1.93. The van der Waals surface area contributed by atoms with E-state index in [4.69, 9.17) is 63.7 Å². The second-order valence-electron chi connectivity index (χ2n) is 5.57. The Hall–Kier alpha value is -2.35. The summed E-state index contributed by atoms with van der Waals surface area (Å²) in [5.41, 5.74) is 7.01. The number of nitrogens with two attached hydrogens (primary N) is 1. The summed E-state index contributed by atoms with van der Waals surface area (Å²) in [6, 6.07) is 17.5. The zero-order chi connectivity index (χ0) is 22.6. The van der Waals surface area contributed by atoms with Crippen molar-refractivity contribution < 1.29 is 0 Å². The first kappa shape index (κ1) is 24.9. The molecule has 160 valence electrons. The molecule has 0 amide bonds. The largest absolute Gasteiger partial charge is 0.399 e. The van der Waals surface area contributed by atoms with Gasteiger partial charge in [0.2, 0.25) is 0 Å². The Morgan fingerprint density at radius 2 is 1.03 bits per heavy atom. The molecule has 0 unspecified atom stereocenters. The Balaban J connectivity index is 0.000000181. The van der Waals surface area contributed by atoms with E-state index in [-0.39, 0.29) is 0 Å². The molecule has 0 saturated heterocycles. The number of nitrogens with zero attached hydrogens (tertiary/aromatic N) is 4. The number of hydrogen-bond acceptors (Lipinski definition) is 6. The van der Waals surface area contributed by atoms with Crippen LogP contribution in [0.4, 0.5) is 17.2 Å². The Kier molecular flexibility index (Phi) is 10.6. The summed E-state index contributed by atoms with van der Waals surface area (Å²) in [5, 5.41) is 5.63. The van der Waals surface area contributed by atoms with Gasteiger partial charge in [0.25, 0.3) is 0 Å². The van der Waals surface area contributed by atoms with Crippen LogP contribution in [0.3, 0.4) is 0 Å². The quantitative estimate of drug-likeness (QED) is 0.216. The molecule has 0 aliphatic heterocycles. The van der Waals surface area contributed by atoms with Gasteiger partial charge in [-0.15, -0.1) is 0 Å². The molecule has 31 heavy (non-hydrogen) atoms. The predicted octanol–water partition coefficient (Wildman–Crippen LogP) is 7.23. The number of aromatic nitrogens is 4. The van der Waals surface area contributed by atoms with Gasteiger partial charge in [0.1, 0.15) is 33.9 Å². The van der Waals surface area contributed by atoms with E-state index < -0.39 is 0 Å². The van der Waals surface area contributed by atoms with E-state index in [1.165, 1.54) is 18.7 Å². The molecule has 2 heterocycles. The Labute approximate surface area is 204 Å². The summed E-state index contributed by atoms with van der Waals surface area (Å²) >= 11 is 27.9. The average Bonchev–Trinajstić information content (AvgIpc) is 2.73. The first-order chi connectivity index (χ1) is 14.8. The van der Waals surface area contributed by atoms with E-state index in [1.54, 1.807) is 42.5 Å². The molecule has 0 saturated carbocycles. The van der Waals surface area contributed by atoms with Crippen molar-refractivity contribution in [3.05, 3.63) is 98.8 Å². The van der Waals surface area contributed by atoms with Gasteiger partial charge in [0.05, 0.1) is 0 Å². The number of nitrogens with one attached hydrogen (secondary N) is 1. The Morgan fingerprint density at radius 1 is 0.581 bits per heavy atom. The van der Waals surface area contributed by atoms with Crippen molar-refractivity contribution in [2.75, 3.05) is 11.1 Å². The lowest BCUT2D eigenvalue weighted by Gasteiger charge is -2.04. The van der Waals surface area contributed by atoms with Gasteiger partial charge in [-0.1, -0.05) is 58.0 Å². The molecular weight excluding hydrogens is 502 g/mol. The van der Waals surface area contributed by atoms with Crippen LogP contribution in [0.15, 0.2) is 73.3 Å². The van der Waals surface area contributed by atoms with E-state index in [0.717, 1.165) is 16.4 Å². The molecule has 0 radical (unpaired) electrons. The topological polar surface area (TPSA) is 89.6 Å². The van der Waals surface area contributed by atoms with Crippen LogP contribution in [0.2, 0.25) is 25.5 Å². The van der Waals surface area contributed by atoms with Gasteiger partial charge in [-0.25, -0.2) is 19.9 Å². The molecule has 0 aliphatic rings. The second-order valence-corrected chi connectivity index (χ2v) is 7.61. The fourth-order valence-electron chi connectivity index (χ4n) is 1.86. The highest BCUT2D eigenvalue weighted by Gasteiger charge is 1.97. The van der Waals surface area contributed by atoms with Gasteiger partial charge in [-0.3, -0.25) is 0 Å². The van der Waals surface area contributed by atoms with Crippen molar-refractivity contribution in [1.29, 1.82) is 0 Å². The van der Waals surface area contributed by atoms with Crippen LogP contribution in [0.1, 0.15) is 0 Å². The van der Waals surface area contributed by atoms with Gasteiger partial charge in [0.15, 0.2) is 0 Å². The highest BCUT2D eigenvalue weighted by Crippen LogP contribution is 2.18. The molecule has 6 nitrogen and oxygen atoms in total. The minimum Gasteiger partial charge on any atom is -0.399 e. The van der Waals surface area contributed by atoms with Crippen molar-refractivity contribution in [3.63, 3.8) is 0 Å². The molecular formula is C20H15Cl5N6. The van der Waals surface area contributed by atoms with Crippen LogP contribution in [0.5, 0.6) is 0 Å². The van der Waals surface area contributed by atoms with E-state index in [0.29, 0.717) is 26.3 Å². The fraction of sp³-hybridized carbons (Fsp3) is 0. The van der Waals surface area contributed by atoms with Gasteiger partial charge < -0.3 is 11.1 Å². The predicted molar refractivity (Wildman–Crippen MR) is 130 cm³/mol. The lowest BCUT2D eigenvalue weighted by molar-refractivity contribution is 1.17. The maximum Gasteiger partial charge on any atom is 0.135 e. The SMILES string of the molecule is Clc1cc(Cl)ncn1.Clc1ccc(Nc2cc(Cl)ncn2)cc1.Nc1ccc(Cl)cc1. The van der Waals surface area contributed by atoms with E-state index >= 15 is 0 Å². The number of hydrogen-bond donors (Lipinski definition) is 2. The van der Waals surface area contributed by atoms with Crippen LogP contribution in [0, 0.1) is 0 Å². The summed E-state index contributed by atoms with van der Waals surface area (Å²) in [7, 11) is 0. The standard InChI is InChI=1S/C10H7Cl2N3.C6H6ClN.C4H2Cl2N2/c11-7-1-3-8(4-2-7)15-10-5-9(12)13-6-14-10;7-5-1-3-6(8)4-2-5;5-3-1-4(6)8-2-7-3/h1-6H,(H,13,14,15);1-4H,8H2;1-2H. The number of anilines is 3.